The smallest absolute Gasteiger partial charge is 0.255 e. The van der Waals surface area contributed by atoms with E-state index in [2.05, 4.69) is 0 Å². The van der Waals surface area contributed by atoms with Crippen molar-refractivity contribution in [1.82, 2.24) is 4.90 Å². The Morgan fingerprint density at radius 2 is 2.16 bits per heavy atom. The molecule has 0 spiro atoms. The standard InChI is InChI=1S/C15H15NO2S/c1-11-5-2-3-6-12(11)14(17)16-8-10-19-15(16)13-7-4-9-18-13/h2-7,9,15H,8,10H2,1H3/t15-/m1/s1. The second kappa shape index (κ2) is 5.13. The first-order valence-electron chi connectivity index (χ1n) is 6.29. The van der Waals surface area contributed by atoms with Crippen LogP contribution >= 0.6 is 11.8 Å². The second-order valence-electron chi connectivity index (χ2n) is 4.55. The van der Waals surface area contributed by atoms with Gasteiger partial charge in [0.15, 0.2) is 0 Å². The van der Waals surface area contributed by atoms with Crippen LogP contribution in [0.15, 0.2) is 47.1 Å². The zero-order chi connectivity index (χ0) is 13.2. The molecule has 1 fully saturated rings. The van der Waals surface area contributed by atoms with Crippen LogP contribution in [0.5, 0.6) is 0 Å². The minimum Gasteiger partial charge on any atom is -0.466 e. The molecule has 0 bridgehead atoms. The summed E-state index contributed by atoms with van der Waals surface area (Å²) in [4.78, 5) is 14.5. The molecule has 3 nitrogen and oxygen atoms in total. The van der Waals surface area contributed by atoms with Crippen molar-refractivity contribution < 1.29 is 9.21 Å². The van der Waals surface area contributed by atoms with Crippen LogP contribution in [0.4, 0.5) is 0 Å². The van der Waals surface area contributed by atoms with Crippen LogP contribution in [-0.4, -0.2) is 23.1 Å². The topological polar surface area (TPSA) is 33.5 Å². The first-order chi connectivity index (χ1) is 9.27. The molecule has 2 heterocycles. The fourth-order valence-electron chi connectivity index (χ4n) is 2.31. The van der Waals surface area contributed by atoms with Gasteiger partial charge in [0.1, 0.15) is 11.1 Å². The van der Waals surface area contributed by atoms with Crippen LogP contribution in [0, 0.1) is 6.92 Å². The molecule has 1 aromatic heterocycles. The monoisotopic (exact) mass is 273 g/mol. The van der Waals surface area contributed by atoms with Gasteiger partial charge in [-0.2, -0.15) is 0 Å². The van der Waals surface area contributed by atoms with Crippen molar-refractivity contribution in [2.24, 2.45) is 0 Å². The molecule has 3 rings (SSSR count). The first kappa shape index (κ1) is 12.4. The summed E-state index contributed by atoms with van der Waals surface area (Å²) in [7, 11) is 0. The van der Waals surface area contributed by atoms with Gasteiger partial charge in [-0.3, -0.25) is 4.79 Å². The highest BCUT2D eigenvalue weighted by molar-refractivity contribution is 7.99. The van der Waals surface area contributed by atoms with E-state index >= 15 is 0 Å². The van der Waals surface area contributed by atoms with E-state index in [1.54, 1.807) is 18.0 Å². The molecule has 1 aromatic carbocycles. The molecule has 1 aliphatic rings. The quantitative estimate of drug-likeness (QED) is 0.840. The summed E-state index contributed by atoms with van der Waals surface area (Å²) in [5.41, 5.74) is 1.80. The maximum atomic E-state index is 12.6. The van der Waals surface area contributed by atoms with Crippen molar-refractivity contribution in [3.63, 3.8) is 0 Å². The van der Waals surface area contributed by atoms with Crippen LogP contribution < -0.4 is 0 Å². The van der Waals surface area contributed by atoms with Crippen LogP contribution in [0.2, 0.25) is 0 Å². The number of rotatable bonds is 2. The number of benzene rings is 1. The lowest BCUT2D eigenvalue weighted by atomic mass is 10.1. The molecule has 1 aliphatic heterocycles. The molecule has 0 radical (unpaired) electrons. The van der Waals surface area contributed by atoms with Gasteiger partial charge in [0.2, 0.25) is 0 Å². The maximum absolute atomic E-state index is 12.6. The fraction of sp³-hybridized carbons (Fsp3) is 0.267. The zero-order valence-corrected chi connectivity index (χ0v) is 11.5. The third-order valence-electron chi connectivity index (χ3n) is 3.31. The summed E-state index contributed by atoms with van der Waals surface area (Å²) < 4.78 is 5.45. The average molecular weight is 273 g/mol. The first-order valence-corrected chi connectivity index (χ1v) is 7.34. The van der Waals surface area contributed by atoms with Crippen LogP contribution in [0.3, 0.4) is 0 Å². The molecular weight excluding hydrogens is 258 g/mol. The molecule has 19 heavy (non-hydrogen) atoms. The molecule has 0 saturated carbocycles. The molecule has 0 N–H and O–H groups in total. The van der Waals surface area contributed by atoms with Crippen molar-refractivity contribution in [2.45, 2.75) is 12.3 Å². The van der Waals surface area contributed by atoms with Crippen molar-refractivity contribution in [2.75, 3.05) is 12.3 Å². The Hall–Kier alpha value is -1.68. The van der Waals surface area contributed by atoms with Gasteiger partial charge >= 0.3 is 0 Å². The highest BCUT2D eigenvalue weighted by atomic mass is 32.2. The van der Waals surface area contributed by atoms with Gasteiger partial charge in [-0.15, -0.1) is 11.8 Å². The number of thioether (sulfide) groups is 1. The van der Waals surface area contributed by atoms with Crippen LogP contribution in [0.1, 0.15) is 27.1 Å². The number of aryl methyl sites for hydroxylation is 1. The molecular formula is C15H15NO2S. The zero-order valence-electron chi connectivity index (χ0n) is 10.7. The molecule has 0 aliphatic carbocycles. The van der Waals surface area contributed by atoms with Crippen LogP contribution in [-0.2, 0) is 0 Å². The number of hydrogen-bond donors (Lipinski definition) is 0. The number of hydrogen-bond acceptors (Lipinski definition) is 3. The third-order valence-corrected chi connectivity index (χ3v) is 4.53. The summed E-state index contributed by atoms with van der Waals surface area (Å²) in [6.45, 7) is 2.74. The predicted octanol–water partition coefficient (Wildman–Crippen LogP) is 3.48. The Morgan fingerprint density at radius 1 is 1.32 bits per heavy atom. The van der Waals surface area contributed by atoms with E-state index in [4.69, 9.17) is 4.42 Å². The Kier molecular flexibility index (Phi) is 3.34. The van der Waals surface area contributed by atoms with Gasteiger partial charge < -0.3 is 9.32 Å². The highest BCUT2D eigenvalue weighted by Crippen LogP contribution is 2.39. The van der Waals surface area contributed by atoms with E-state index in [-0.39, 0.29) is 11.3 Å². The molecule has 98 valence electrons. The normalized spacial score (nSPS) is 18.8. The van der Waals surface area contributed by atoms with E-state index < -0.39 is 0 Å². The SMILES string of the molecule is Cc1ccccc1C(=O)N1CCS[C@@H]1c1ccco1. The minimum absolute atomic E-state index is 0.00195. The predicted molar refractivity (Wildman–Crippen MR) is 76.1 cm³/mol. The minimum atomic E-state index is 0.00195. The molecule has 1 saturated heterocycles. The number of furan rings is 1. The molecule has 1 amide bonds. The number of amides is 1. The Bertz CT molecular complexity index is 580. The van der Waals surface area contributed by atoms with Gasteiger partial charge in [0, 0.05) is 17.9 Å². The second-order valence-corrected chi connectivity index (χ2v) is 5.74. The maximum Gasteiger partial charge on any atom is 0.255 e. The molecule has 4 heteroatoms. The lowest BCUT2D eigenvalue weighted by Crippen LogP contribution is -2.30. The number of carbonyl (C=O) groups is 1. The van der Waals surface area contributed by atoms with E-state index in [1.807, 2.05) is 48.2 Å². The van der Waals surface area contributed by atoms with E-state index in [1.165, 1.54) is 0 Å². The summed E-state index contributed by atoms with van der Waals surface area (Å²) in [5, 5.41) is 0.00195. The van der Waals surface area contributed by atoms with Crippen molar-refractivity contribution in [3.05, 3.63) is 59.5 Å². The summed E-state index contributed by atoms with van der Waals surface area (Å²) in [5.74, 6) is 1.89. The third kappa shape index (κ3) is 2.28. The van der Waals surface area contributed by atoms with Gasteiger partial charge in [-0.1, -0.05) is 18.2 Å². The van der Waals surface area contributed by atoms with Crippen LogP contribution in [0.25, 0.3) is 0 Å². The Morgan fingerprint density at radius 3 is 2.89 bits per heavy atom. The molecule has 1 atom stereocenters. The van der Waals surface area contributed by atoms with Crippen molar-refractivity contribution in [1.29, 1.82) is 0 Å². The molecule has 2 aromatic rings. The Balaban J connectivity index is 1.89. The Labute approximate surface area is 116 Å². The summed E-state index contributed by atoms with van der Waals surface area (Å²) in [6.07, 6.45) is 1.66. The molecule has 0 unspecified atom stereocenters. The van der Waals surface area contributed by atoms with Gasteiger partial charge in [0.05, 0.1) is 6.26 Å². The summed E-state index contributed by atoms with van der Waals surface area (Å²) in [6, 6.07) is 11.5. The van der Waals surface area contributed by atoms with Gasteiger partial charge in [-0.25, -0.2) is 0 Å². The van der Waals surface area contributed by atoms with Gasteiger partial charge in [0.25, 0.3) is 5.91 Å². The average Bonchev–Trinajstić information content (AvgIpc) is 3.09. The highest BCUT2D eigenvalue weighted by Gasteiger charge is 2.33. The largest absolute Gasteiger partial charge is 0.466 e. The number of carbonyl (C=O) groups excluding carboxylic acids is 1. The van der Waals surface area contributed by atoms with E-state index in [0.717, 1.165) is 29.2 Å². The van der Waals surface area contributed by atoms with Crippen molar-refractivity contribution in [3.8, 4) is 0 Å². The lowest BCUT2D eigenvalue weighted by Gasteiger charge is -2.23. The summed E-state index contributed by atoms with van der Waals surface area (Å²) >= 11 is 1.75. The number of nitrogens with zero attached hydrogens (tertiary/aromatic N) is 1. The van der Waals surface area contributed by atoms with Crippen molar-refractivity contribution >= 4 is 17.7 Å². The van der Waals surface area contributed by atoms with E-state index in [0.29, 0.717) is 0 Å². The fourth-order valence-corrected chi connectivity index (χ4v) is 3.52. The lowest BCUT2D eigenvalue weighted by molar-refractivity contribution is 0.0748. The van der Waals surface area contributed by atoms with Gasteiger partial charge in [-0.05, 0) is 30.7 Å². The van der Waals surface area contributed by atoms with E-state index in [9.17, 15) is 4.79 Å².